The highest BCUT2D eigenvalue weighted by molar-refractivity contribution is 7.21. The number of fused-ring (bicyclic) bond motifs is 2. The van der Waals surface area contributed by atoms with Crippen molar-refractivity contribution in [2.75, 3.05) is 5.32 Å². The van der Waals surface area contributed by atoms with Gasteiger partial charge >= 0.3 is 0 Å². The smallest absolute Gasteiger partial charge is 0.267 e. The Kier molecular flexibility index (Phi) is 4.77. The number of aromatic nitrogens is 2. The van der Waals surface area contributed by atoms with Crippen molar-refractivity contribution in [3.05, 3.63) is 94.6 Å². The number of amides is 1. The highest BCUT2D eigenvalue weighted by Gasteiger charge is 2.18. The standard InChI is InChI=1S/C24H18ClN3OS/c1-15(16-7-3-2-4-8-16)28-14-26-19-13-17(11-12-20(19)28)27-24(29)23-22(25)18-9-5-6-10-21(18)30-23/h2-15H,1H3,(H,27,29). The van der Waals surface area contributed by atoms with Gasteiger partial charge in [-0.25, -0.2) is 4.98 Å². The van der Waals surface area contributed by atoms with E-state index in [1.807, 2.05) is 67.0 Å². The van der Waals surface area contributed by atoms with Crippen LogP contribution in [0.2, 0.25) is 5.02 Å². The second kappa shape index (κ2) is 7.59. The van der Waals surface area contributed by atoms with Gasteiger partial charge in [-0.1, -0.05) is 60.1 Å². The van der Waals surface area contributed by atoms with Crippen molar-refractivity contribution in [2.24, 2.45) is 0 Å². The van der Waals surface area contributed by atoms with Crippen LogP contribution < -0.4 is 5.32 Å². The topological polar surface area (TPSA) is 46.9 Å². The largest absolute Gasteiger partial charge is 0.323 e. The Morgan fingerprint density at radius 1 is 1.07 bits per heavy atom. The molecule has 0 bridgehead atoms. The Labute approximate surface area is 182 Å². The van der Waals surface area contributed by atoms with E-state index in [-0.39, 0.29) is 11.9 Å². The van der Waals surface area contributed by atoms with Gasteiger partial charge in [0, 0.05) is 15.8 Å². The van der Waals surface area contributed by atoms with Crippen LogP contribution in [-0.4, -0.2) is 15.5 Å². The summed E-state index contributed by atoms with van der Waals surface area (Å²) in [5.74, 6) is -0.211. The Bertz CT molecular complexity index is 1370. The van der Waals surface area contributed by atoms with Crippen LogP contribution in [0.3, 0.4) is 0 Å². The monoisotopic (exact) mass is 431 g/mol. The fourth-order valence-corrected chi connectivity index (χ4v) is 5.07. The zero-order valence-corrected chi connectivity index (χ0v) is 17.7. The number of nitrogens with one attached hydrogen (secondary N) is 1. The van der Waals surface area contributed by atoms with E-state index in [1.165, 1.54) is 16.9 Å². The van der Waals surface area contributed by atoms with E-state index in [9.17, 15) is 4.79 Å². The first-order valence-electron chi connectivity index (χ1n) is 9.62. The normalized spacial score (nSPS) is 12.3. The Balaban J connectivity index is 1.43. The number of anilines is 1. The summed E-state index contributed by atoms with van der Waals surface area (Å²) >= 11 is 7.84. The number of carbonyl (C=O) groups excluding carboxylic acids is 1. The Morgan fingerprint density at radius 2 is 1.83 bits per heavy atom. The molecular formula is C24H18ClN3OS. The summed E-state index contributed by atoms with van der Waals surface area (Å²) in [6.07, 6.45) is 1.84. The molecule has 1 unspecified atom stereocenters. The van der Waals surface area contributed by atoms with Crippen LogP contribution in [0.25, 0.3) is 21.1 Å². The first-order chi connectivity index (χ1) is 14.6. The van der Waals surface area contributed by atoms with Gasteiger partial charge in [-0.05, 0) is 36.8 Å². The molecule has 2 aromatic heterocycles. The summed E-state index contributed by atoms with van der Waals surface area (Å²) in [6, 6.07) is 24.0. The summed E-state index contributed by atoms with van der Waals surface area (Å²) in [6.45, 7) is 2.15. The minimum absolute atomic E-state index is 0.161. The number of carbonyl (C=O) groups is 1. The highest BCUT2D eigenvalue weighted by Crippen LogP contribution is 2.35. The van der Waals surface area contributed by atoms with Crippen molar-refractivity contribution in [2.45, 2.75) is 13.0 Å². The van der Waals surface area contributed by atoms with E-state index in [0.717, 1.165) is 21.1 Å². The first-order valence-corrected chi connectivity index (χ1v) is 10.8. The summed E-state index contributed by atoms with van der Waals surface area (Å²) in [4.78, 5) is 17.9. The SMILES string of the molecule is CC(c1ccccc1)n1cnc2cc(NC(=O)c3sc4ccccc4c3Cl)ccc21. The molecule has 0 saturated heterocycles. The number of thiophene rings is 1. The molecule has 0 radical (unpaired) electrons. The number of imidazole rings is 1. The van der Waals surface area contributed by atoms with E-state index in [4.69, 9.17) is 11.6 Å². The lowest BCUT2D eigenvalue weighted by atomic mass is 10.1. The van der Waals surface area contributed by atoms with Crippen molar-refractivity contribution < 1.29 is 4.79 Å². The van der Waals surface area contributed by atoms with Gasteiger partial charge in [0.1, 0.15) is 4.88 Å². The lowest BCUT2D eigenvalue weighted by Crippen LogP contribution is -2.10. The highest BCUT2D eigenvalue weighted by atomic mass is 35.5. The molecule has 5 aromatic rings. The zero-order chi connectivity index (χ0) is 20.7. The molecule has 148 valence electrons. The summed E-state index contributed by atoms with van der Waals surface area (Å²) in [5, 5.41) is 4.36. The Morgan fingerprint density at radius 3 is 2.63 bits per heavy atom. The van der Waals surface area contributed by atoms with Crippen molar-refractivity contribution in [1.82, 2.24) is 9.55 Å². The second-order valence-electron chi connectivity index (χ2n) is 7.14. The maximum Gasteiger partial charge on any atom is 0.267 e. The molecule has 1 atom stereocenters. The number of hydrogen-bond acceptors (Lipinski definition) is 3. The molecule has 6 heteroatoms. The van der Waals surface area contributed by atoms with Gasteiger partial charge in [-0.2, -0.15) is 0 Å². The van der Waals surface area contributed by atoms with E-state index < -0.39 is 0 Å². The van der Waals surface area contributed by atoms with Crippen molar-refractivity contribution in [3.8, 4) is 0 Å². The maximum absolute atomic E-state index is 12.8. The lowest BCUT2D eigenvalue weighted by molar-refractivity contribution is 0.103. The second-order valence-corrected chi connectivity index (χ2v) is 8.57. The quantitative estimate of drug-likeness (QED) is 0.341. The maximum atomic E-state index is 12.8. The van der Waals surface area contributed by atoms with Crippen LogP contribution in [-0.2, 0) is 0 Å². The molecule has 0 fully saturated rings. The third kappa shape index (κ3) is 3.26. The molecular weight excluding hydrogens is 414 g/mol. The van der Waals surface area contributed by atoms with Crippen LogP contribution in [0.5, 0.6) is 0 Å². The molecule has 1 N–H and O–H groups in total. The molecule has 2 heterocycles. The molecule has 0 saturated carbocycles. The summed E-state index contributed by atoms with van der Waals surface area (Å²) in [5.41, 5.74) is 3.76. The predicted octanol–water partition coefficient (Wildman–Crippen LogP) is 6.77. The van der Waals surface area contributed by atoms with Crippen molar-refractivity contribution >= 4 is 55.7 Å². The van der Waals surface area contributed by atoms with Crippen LogP contribution in [0.15, 0.2) is 79.1 Å². The molecule has 0 spiro atoms. The molecule has 0 aliphatic rings. The van der Waals surface area contributed by atoms with Crippen molar-refractivity contribution in [1.29, 1.82) is 0 Å². The van der Waals surface area contributed by atoms with E-state index in [1.54, 1.807) is 0 Å². The first kappa shape index (κ1) is 18.9. The number of nitrogens with zero attached hydrogens (tertiary/aromatic N) is 2. The molecule has 1 amide bonds. The average molecular weight is 432 g/mol. The fourth-order valence-electron chi connectivity index (χ4n) is 3.66. The number of benzene rings is 3. The number of halogens is 1. The van der Waals surface area contributed by atoms with Crippen LogP contribution >= 0.6 is 22.9 Å². The summed E-state index contributed by atoms with van der Waals surface area (Å²) in [7, 11) is 0. The third-order valence-corrected chi connectivity index (χ3v) is 6.95. The van der Waals surface area contributed by atoms with E-state index in [2.05, 4.69) is 33.9 Å². The minimum atomic E-state index is -0.211. The van der Waals surface area contributed by atoms with Gasteiger partial charge in [0.15, 0.2) is 0 Å². The molecule has 3 aromatic carbocycles. The number of rotatable bonds is 4. The number of hydrogen-bond donors (Lipinski definition) is 1. The van der Waals surface area contributed by atoms with E-state index in [0.29, 0.717) is 15.6 Å². The predicted molar refractivity (Wildman–Crippen MR) is 125 cm³/mol. The van der Waals surface area contributed by atoms with Crippen molar-refractivity contribution in [3.63, 3.8) is 0 Å². The zero-order valence-electron chi connectivity index (χ0n) is 16.2. The molecule has 0 aliphatic heterocycles. The van der Waals surface area contributed by atoms with Gasteiger partial charge in [-0.3, -0.25) is 4.79 Å². The minimum Gasteiger partial charge on any atom is -0.323 e. The lowest BCUT2D eigenvalue weighted by Gasteiger charge is -2.15. The Hall–Kier alpha value is -3.15. The fraction of sp³-hybridized carbons (Fsp3) is 0.0833. The van der Waals surface area contributed by atoms with Crippen LogP contribution in [0, 0.1) is 0 Å². The molecule has 4 nitrogen and oxygen atoms in total. The van der Waals surface area contributed by atoms with Gasteiger partial charge in [-0.15, -0.1) is 11.3 Å². The summed E-state index contributed by atoms with van der Waals surface area (Å²) < 4.78 is 3.14. The molecule has 5 rings (SSSR count). The van der Waals surface area contributed by atoms with Crippen LogP contribution in [0.1, 0.15) is 28.2 Å². The molecule has 0 aliphatic carbocycles. The van der Waals surface area contributed by atoms with Gasteiger partial charge < -0.3 is 9.88 Å². The molecule has 30 heavy (non-hydrogen) atoms. The average Bonchev–Trinajstić information content (AvgIpc) is 3.35. The van der Waals surface area contributed by atoms with Gasteiger partial charge in [0.25, 0.3) is 5.91 Å². The van der Waals surface area contributed by atoms with Crippen LogP contribution in [0.4, 0.5) is 5.69 Å². The van der Waals surface area contributed by atoms with Gasteiger partial charge in [0.2, 0.25) is 0 Å². The van der Waals surface area contributed by atoms with Gasteiger partial charge in [0.05, 0.1) is 28.4 Å². The van der Waals surface area contributed by atoms with E-state index >= 15 is 0 Å². The third-order valence-electron chi connectivity index (χ3n) is 5.27.